The Kier molecular flexibility index (Phi) is 11.5. The fourth-order valence-electron chi connectivity index (χ4n) is 4.57. The van der Waals surface area contributed by atoms with Crippen LogP contribution in [0.5, 0.6) is 0 Å². The van der Waals surface area contributed by atoms with E-state index in [1.54, 1.807) is 27.7 Å². The highest BCUT2D eigenvalue weighted by Gasteiger charge is 2.48. The summed E-state index contributed by atoms with van der Waals surface area (Å²) in [5.41, 5.74) is 6.98. The summed E-state index contributed by atoms with van der Waals surface area (Å²) in [6.45, 7) is 12.8. The van der Waals surface area contributed by atoms with Crippen molar-refractivity contribution in [3.8, 4) is 0 Å². The quantitative estimate of drug-likeness (QED) is 0.313. The van der Waals surface area contributed by atoms with E-state index in [0.717, 1.165) is 11.1 Å². The van der Waals surface area contributed by atoms with Crippen molar-refractivity contribution in [1.29, 1.82) is 0 Å². The lowest BCUT2D eigenvalue weighted by Crippen LogP contribution is -2.54. The number of nitrogens with one attached hydrogen (secondary N) is 2. The predicted octanol–water partition coefficient (Wildman–Crippen LogP) is 2.81. The molecule has 0 saturated heterocycles. The highest BCUT2D eigenvalue weighted by Crippen LogP contribution is 2.41. The molecule has 4 atom stereocenters. The molecule has 0 radical (unpaired) electrons. The van der Waals surface area contributed by atoms with E-state index in [2.05, 4.69) is 10.6 Å². The zero-order valence-electron chi connectivity index (χ0n) is 24.7. The Morgan fingerprint density at radius 3 is 2.17 bits per heavy atom. The standard InChI is InChI=1S/C29H44N4O7/c1-8-39-24(35)11-12-31-26(36)25(20-14-17(2)13-18(3)15-20)33(22-16-19(22)4)27(37)21(9-10-23(30)34)32-28(38)40-29(5,6)7/h13-15,19,21-22,25H,8-12,16H2,1-7H3,(H2,30,34)(H,31,36)(H,32,38). The first-order valence-corrected chi connectivity index (χ1v) is 13.7. The number of hydrogen-bond donors (Lipinski definition) is 3. The predicted molar refractivity (Wildman–Crippen MR) is 149 cm³/mol. The Bertz CT molecular complexity index is 1080. The van der Waals surface area contributed by atoms with Gasteiger partial charge in [0, 0.05) is 19.0 Å². The van der Waals surface area contributed by atoms with Crippen molar-refractivity contribution in [3.63, 3.8) is 0 Å². The number of rotatable bonds is 13. The summed E-state index contributed by atoms with van der Waals surface area (Å²) in [4.78, 5) is 65.6. The Labute approximate surface area is 236 Å². The summed E-state index contributed by atoms with van der Waals surface area (Å²) in [5.74, 6) is -1.94. The van der Waals surface area contributed by atoms with Gasteiger partial charge in [0.15, 0.2) is 0 Å². The van der Waals surface area contributed by atoms with Crippen LogP contribution >= 0.6 is 0 Å². The number of hydrogen-bond acceptors (Lipinski definition) is 7. The van der Waals surface area contributed by atoms with Crippen LogP contribution in [-0.2, 0) is 28.7 Å². The van der Waals surface area contributed by atoms with E-state index in [4.69, 9.17) is 15.2 Å². The van der Waals surface area contributed by atoms with Gasteiger partial charge in [-0.05, 0) is 65.9 Å². The van der Waals surface area contributed by atoms with E-state index in [1.807, 2.05) is 39.0 Å². The number of nitrogens with two attached hydrogens (primary N) is 1. The van der Waals surface area contributed by atoms with Crippen LogP contribution in [0.1, 0.15) is 83.0 Å². The summed E-state index contributed by atoms with van der Waals surface area (Å²) in [6.07, 6.45) is -0.386. The van der Waals surface area contributed by atoms with E-state index in [9.17, 15) is 24.0 Å². The summed E-state index contributed by atoms with van der Waals surface area (Å²) in [5, 5.41) is 5.38. The smallest absolute Gasteiger partial charge is 0.408 e. The van der Waals surface area contributed by atoms with Crippen molar-refractivity contribution < 1.29 is 33.4 Å². The number of ether oxygens (including phenoxy) is 2. The second-order valence-electron chi connectivity index (χ2n) is 11.4. The second-order valence-corrected chi connectivity index (χ2v) is 11.4. The SMILES string of the molecule is CCOC(=O)CCNC(=O)C(c1cc(C)cc(C)c1)N(C(=O)C(CCC(N)=O)NC(=O)OC(C)(C)C)C1CC1C. The summed E-state index contributed by atoms with van der Waals surface area (Å²) < 4.78 is 10.3. The van der Waals surface area contributed by atoms with Gasteiger partial charge in [0.2, 0.25) is 17.7 Å². The van der Waals surface area contributed by atoms with Gasteiger partial charge in [-0.1, -0.05) is 36.2 Å². The van der Waals surface area contributed by atoms with Gasteiger partial charge < -0.3 is 30.7 Å². The Morgan fingerprint density at radius 2 is 1.68 bits per heavy atom. The highest BCUT2D eigenvalue weighted by molar-refractivity contribution is 5.93. The van der Waals surface area contributed by atoms with Crippen LogP contribution < -0.4 is 16.4 Å². The number of primary amides is 1. The number of alkyl carbamates (subject to hydrolysis) is 1. The third kappa shape index (κ3) is 10.2. The van der Waals surface area contributed by atoms with Gasteiger partial charge in [0.25, 0.3) is 0 Å². The number of benzene rings is 1. The lowest BCUT2D eigenvalue weighted by atomic mass is 9.97. The number of amides is 4. The van der Waals surface area contributed by atoms with Gasteiger partial charge >= 0.3 is 12.1 Å². The number of aryl methyl sites for hydroxylation is 2. The van der Waals surface area contributed by atoms with Crippen molar-refractivity contribution in [3.05, 3.63) is 34.9 Å². The first-order valence-electron chi connectivity index (χ1n) is 13.7. The monoisotopic (exact) mass is 560 g/mol. The Hall–Kier alpha value is -3.63. The van der Waals surface area contributed by atoms with Crippen LogP contribution in [0.15, 0.2) is 18.2 Å². The molecule has 4 unspecified atom stereocenters. The molecule has 0 heterocycles. The fraction of sp³-hybridized carbons (Fsp3) is 0.621. The first kappa shape index (κ1) is 32.6. The van der Waals surface area contributed by atoms with Crippen LogP contribution in [0.25, 0.3) is 0 Å². The molecular formula is C29H44N4O7. The molecule has 11 nitrogen and oxygen atoms in total. The molecular weight excluding hydrogens is 516 g/mol. The van der Waals surface area contributed by atoms with E-state index < -0.39 is 47.5 Å². The first-order chi connectivity index (χ1) is 18.6. The maximum Gasteiger partial charge on any atom is 0.408 e. The average Bonchev–Trinajstić information content (AvgIpc) is 3.53. The van der Waals surface area contributed by atoms with E-state index >= 15 is 0 Å². The molecule has 1 aromatic rings. The minimum atomic E-state index is -1.16. The fourth-order valence-corrected chi connectivity index (χ4v) is 4.57. The molecule has 4 amide bonds. The number of esters is 1. The van der Waals surface area contributed by atoms with Crippen LogP contribution in [-0.4, -0.2) is 65.5 Å². The molecule has 40 heavy (non-hydrogen) atoms. The minimum absolute atomic E-state index is 0.0195. The van der Waals surface area contributed by atoms with E-state index in [0.29, 0.717) is 12.0 Å². The topological polar surface area (TPSA) is 157 Å². The normalized spacial score (nSPS) is 17.7. The molecule has 11 heteroatoms. The lowest BCUT2D eigenvalue weighted by molar-refractivity contribution is -0.145. The van der Waals surface area contributed by atoms with E-state index in [1.165, 1.54) is 4.90 Å². The maximum atomic E-state index is 14.2. The molecule has 1 aromatic carbocycles. The molecule has 1 aliphatic rings. The van der Waals surface area contributed by atoms with E-state index in [-0.39, 0.29) is 44.4 Å². The third-order valence-corrected chi connectivity index (χ3v) is 6.37. The number of nitrogens with zero attached hydrogens (tertiary/aromatic N) is 1. The van der Waals surface area contributed by atoms with Gasteiger partial charge in [-0.3, -0.25) is 19.2 Å². The van der Waals surface area contributed by atoms with Gasteiger partial charge in [-0.15, -0.1) is 0 Å². The third-order valence-electron chi connectivity index (χ3n) is 6.37. The number of carbonyl (C=O) groups excluding carboxylic acids is 5. The molecule has 0 bridgehead atoms. The van der Waals surface area contributed by atoms with Gasteiger partial charge in [-0.25, -0.2) is 4.79 Å². The summed E-state index contributed by atoms with van der Waals surface area (Å²) >= 11 is 0. The number of carbonyl (C=O) groups is 5. The van der Waals surface area contributed by atoms with Gasteiger partial charge in [0.1, 0.15) is 17.7 Å². The molecule has 0 aromatic heterocycles. The lowest BCUT2D eigenvalue weighted by Gasteiger charge is -2.35. The van der Waals surface area contributed by atoms with Crippen molar-refractivity contribution in [2.45, 2.75) is 97.9 Å². The van der Waals surface area contributed by atoms with Gasteiger partial charge in [0.05, 0.1) is 13.0 Å². The summed E-state index contributed by atoms with van der Waals surface area (Å²) in [6, 6.07) is 3.18. The van der Waals surface area contributed by atoms with Crippen LogP contribution in [0.4, 0.5) is 4.79 Å². The molecule has 1 aliphatic carbocycles. The zero-order valence-corrected chi connectivity index (χ0v) is 24.7. The molecule has 4 N–H and O–H groups in total. The molecule has 2 rings (SSSR count). The van der Waals surface area contributed by atoms with Gasteiger partial charge in [-0.2, -0.15) is 0 Å². The van der Waals surface area contributed by atoms with Crippen molar-refractivity contribution in [2.75, 3.05) is 13.2 Å². The zero-order chi connectivity index (χ0) is 30.2. The van der Waals surface area contributed by atoms with Crippen molar-refractivity contribution >= 4 is 29.8 Å². The Morgan fingerprint density at radius 1 is 1.07 bits per heavy atom. The van der Waals surface area contributed by atoms with Crippen LogP contribution in [0, 0.1) is 19.8 Å². The molecule has 1 fully saturated rings. The summed E-state index contributed by atoms with van der Waals surface area (Å²) in [7, 11) is 0. The maximum absolute atomic E-state index is 14.2. The molecule has 0 aliphatic heterocycles. The molecule has 1 saturated carbocycles. The highest BCUT2D eigenvalue weighted by atomic mass is 16.6. The van der Waals surface area contributed by atoms with Crippen LogP contribution in [0.3, 0.4) is 0 Å². The Balaban J connectivity index is 2.48. The van der Waals surface area contributed by atoms with Crippen molar-refractivity contribution in [2.24, 2.45) is 11.7 Å². The molecule has 0 spiro atoms. The minimum Gasteiger partial charge on any atom is -0.466 e. The largest absolute Gasteiger partial charge is 0.466 e. The second kappa shape index (κ2) is 14.1. The van der Waals surface area contributed by atoms with Crippen LogP contribution in [0.2, 0.25) is 0 Å². The average molecular weight is 561 g/mol. The van der Waals surface area contributed by atoms with Crippen molar-refractivity contribution in [1.82, 2.24) is 15.5 Å². The molecule has 222 valence electrons.